The maximum absolute atomic E-state index is 11.6. The molecule has 0 aromatic carbocycles. The van der Waals surface area contributed by atoms with Gasteiger partial charge in [-0.2, -0.15) is 22.0 Å². The minimum Gasteiger partial charge on any atom is -0.303 e. The Hall–Kier alpha value is -0.680. The van der Waals surface area contributed by atoms with E-state index in [1.165, 1.54) is 0 Å². The van der Waals surface area contributed by atoms with Crippen molar-refractivity contribution in [3.05, 3.63) is 0 Å². The Labute approximate surface area is 52.8 Å². The van der Waals surface area contributed by atoms with E-state index in [0.29, 0.717) is 0 Å². The normalized spacial score (nSPS) is 13.3. The molecule has 0 aliphatic rings. The number of rotatable bonds is 2. The molecular weight excluding hydrogens is 159 g/mol. The van der Waals surface area contributed by atoms with Crippen LogP contribution in [0.5, 0.6) is 0 Å². The Morgan fingerprint density at radius 1 is 1.10 bits per heavy atom. The molecule has 0 aliphatic carbocycles. The number of alkyl halides is 5. The predicted octanol–water partition coefficient (Wildman–Crippen LogP) is 1.77. The Bertz CT molecular complexity index is 126. The van der Waals surface area contributed by atoms with Crippen molar-refractivity contribution in [2.24, 2.45) is 0 Å². The Morgan fingerprint density at radius 3 is 1.60 bits per heavy atom. The highest BCUT2D eigenvalue weighted by Gasteiger charge is 2.56. The van der Waals surface area contributed by atoms with E-state index in [9.17, 15) is 26.7 Å². The van der Waals surface area contributed by atoms with Gasteiger partial charge in [0, 0.05) is 0 Å². The molecule has 0 radical (unpaired) electrons. The fraction of sp³-hybridized carbons (Fsp3) is 0.750. The van der Waals surface area contributed by atoms with Gasteiger partial charge in [-0.25, -0.2) is 0 Å². The van der Waals surface area contributed by atoms with Gasteiger partial charge < -0.3 is 4.79 Å². The van der Waals surface area contributed by atoms with E-state index in [1.807, 2.05) is 0 Å². The summed E-state index contributed by atoms with van der Waals surface area (Å²) in [5, 5.41) is 0. The highest BCUT2D eigenvalue weighted by Crippen LogP contribution is 2.37. The Kier molecular flexibility index (Phi) is 2.34. The van der Waals surface area contributed by atoms with Crippen molar-refractivity contribution < 1.29 is 26.7 Å². The Morgan fingerprint density at radius 2 is 1.50 bits per heavy atom. The highest BCUT2D eigenvalue weighted by atomic mass is 19.4. The molecule has 10 heavy (non-hydrogen) atoms. The van der Waals surface area contributed by atoms with E-state index in [4.69, 9.17) is 0 Å². The average Bonchev–Trinajstić information content (AvgIpc) is 1.61. The van der Waals surface area contributed by atoms with Gasteiger partial charge in [0.1, 0.15) is 6.29 Å². The smallest absolute Gasteiger partial charge is 0.303 e. The first kappa shape index (κ1) is 9.32. The molecule has 0 amide bonds. The van der Waals surface area contributed by atoms with Crippen LogP contribution in [0.2, 0.25) is 0 Å². The lowest BCUT2D eigenvalue weighted by atomic mass is 10.2. The molecule has 0 rings (SSSR count). The van der Waals surface area contributed by atoms with Crippen LogP contribution in [-0.4, -0.2) is 18.4 Å². The molecule has 0 atom stereocenters. The van der Waals surface area contributed by atoms with Crippen molar-refractivity contribution in [2.75, 3.05) is 0 Å². The van der Waals surface area contributed by atoms with Crippen LogP contribution >= 0.6 is 0 Å². The minimum atomic E-state index is -5.62. The Balaban J connectivity index is 4.23. The number of aldehydes is 1. The van der Waals surface area contributed by atoms with Crippen molar-refractivity contribution in [1.82, 2.24) is 0 Å². The molecule has 1 nitrogen and oxygen atoms in total. The molecule has 0 saturated heterocycles. The third-order valence-corrected chi connectivity index (χ3v) is 0.754. The summed E-state index contributed by atoms with van der Waals surface area (Å²) in [4.78, 5) is 9.29. The van der Waals surface area contributed by atoms with Crippen LogP contribution in [0.1, 0.15) is 6.42 Å². The lowest BCUT2D eigenvalue weighted by Gasteiger charge is -2.15. The molecule has 0 aromatic heterocycles. The van der Waals surface area contributed by atoms with E-state index in [2.05, 4.69) is 0 Å². The van der Waals surface area contributed by atoms with Crippen LogP contribution in [0.3, 0.4) is 0 Å². The van der Waals surface area contributed by atoms with E-state index in [1.54, 1.807) is 0 Å². The van der Waals surface area contributed by atoms with Crippen molar-refractivity contribution in [3.63, 3.8) is 0 Å². The third-order valence-electron chi connectivity index (χ3n) is 0.754. The fourth-order valence-corrected chi connectivity index (χ4v) is 0.220. The van der Waals surface area contributed by atoms with Crippen LogP contribution < -0.4 is 0 Å². The lowest BCUT2D eigenvalue weighted by Crippen LogP contribution is -2.36. The van der Waals surface area contributed by atoms with Crippen LogP contribution in [-0.2, 0) is 4.79 Å². The summed E-state index contributed by atoms with van der Waals surface area (Å²) in [6.45, 7) is 0. The maximum atomic E-state index is 11.6. The summed E-state index contributed by atoms with van der Waals surface area (Å²) in [5.74, 6) is -4.88. The van der Waals surface area contributed by atoms with Crippen LogP contribution in [0.15, 0.2) is 0 Å². The van der Waals surface area contributed by atoms with Gasteiger partial charge in [-0.15, -0.1) is 0 Å². The number of carbonyl (C=O) groups is 1. The van der Waals surface area contributed by atoms with Crippen molar-refractivity contribution in [2.45, 2.75) is 18.5 Å². The van der Waals surface area contributed by atoms with Gasteiger partial charge in [0.2, 0.25) is 0 Å². The molecule has 0 fully saturated rings. The average molecular weight is 162 g/mol. The highest BCUT2D eigenvalue weighted by molar-refractivity contribution is 5.51. The van der Waals surface area contributed by atoms with E-state index in [-0.39, 0.29) is 0 Å². The zero-order valence-corrected chi connectivity index (χ0v) is 4.58. The first-order valence-electron chi connectivity index (χ1n) is 2.19. The van der Waals surface area contributed by atoms with Crippen molar-refractivity contribution in [3.8, 4) is 0 Å². The summed E-state index contributed by atoms with van der Waals surface area (Å²) in [5.41, 5.74) is 0. The van der Waals surface area contributed by atoms with Crippen LogP contribution in [0.4, 0.5) is 22.0 Å². The van der Waals surface area contributed by atoms with Crippen LogP contribution in [0, 0.1) is 0 Å². The molecule has 6 heteroatoms. The van der Waals surface area contributed by atoms with Gasteiger partial charge in [0.05, 0.1) is 6.42 Å². The second kappa shape index (κ2) is 2.51. The molecule has 0 unspecified atom stereocenters. The quantitative estimate of drug-likeness (QED) is 0.446. The number of halogens is 5. The van der Waals surface area contributed by atoms with Gasteiger partial charge >= 0.3 is 12.1 Å². The van der Waals surface area contributed by atoms with Crippen LogP contribution in [0.25, 0.3) is 0 Å². The van der Waals surface area contributed by atoms with Gasteiger partial charge in [-0.05, 0) is 0 Å². The van der Waals surface area contributed by atoms with Gasteiger partial charge in [-0.1, -0.05) is 0 Å². The zero-order valence-electron chi connectivity index (χ0n) is 4.58. The lowest BCUT2D eigenvalue weighted by molar-refractivity contribution is -0.280. The van der Waals surface area contributed by atoms with Crippen molar-refractivity contribution in [1.29, 1.82) is 0 Å². The first-order valence-corrected chi connectivity index (χ1v) is 2.19. The first-order chi connectivity index (χ1) is 4.31. The summed E-state index contributed by atoms with van der Waals surface area (Å²) < 4.78 is 56.5. The molecule has 0 aromatic rings. The largest absolute Gasteiger partial charge is 0.453 e. The monoisotopic (exact) mass is 162 g/mol. The van der Waals surface area contributed by atoms with Gasteiger partial charge in [0.25, 0.3) is 0 Å². The second-order valence-corrected chi connectivity index (χ2v) is 1.57. The SMILES string of the molecule is O=CCC(F)(F)C(F)(F)F. The van der Waals surface area contributed by atoms with E-state index >= 15 is 0 Å². The standard InChI is InChI=1S/C4H3F5O/c5-3(6,1-2-10)4(7,8)9/h2H,1H2. The molecule has 0 heterocycles. The molecule has 0 N–H and O–H groups in total. The zero-order chi connectivity index (χ0) is 8.41. The molecule has 0 saturated carbocycles. The summed E-state index contributed by atoms with van der Waals surface area (Å²) >= 11 is 0. The third kappa shape index (κ3) is 1.93. The summed E-state index contributed by atoms with van der Waals surface area (Å²) in [6, 6.07) is 0. The predicted molar refractivity (Wildman–Crippen MR) is 21.7 cm³/mol. The molecular formula is C4H3F5O. The molecule has 60 valence electrons. The molecule has 0 spiro atoms. The number of carbonyl (C=O) groups excluding carboxylic acids is 1. The maximum Gasteiger partial charge on any atom is 0.453 e. The van der Waals surface area contributed by atoms with Gasteiger partial charge in [-0.3, -0.25) is 0 Å². The second-order valence-electron chi connectivity index (χ2n) is 1.57. The minimum absolute atomic E-state index is 0.465. The summed E-state index contributed by atoms with van der Waals surface area (Å²) in [6.07, 6.45) is -7.89. The number of hydrogen-bond donors (Lipinski definition) is 0. The molecule has 0 bridgehead atoms. The van der Waals surface area contributed by atoms with Crippen molar-refractivity contribution >= 4 is 6.29 Å². The van der Waals surface area contributed by atoms with E-state index < -0.39 is 24.8 Å². The summed E-state index contributed by atoms with van der Waals surface area (Å²) in [7, 11) is 0. The molecule has 0 aliphatic heterocycles. The van der Waals surface area contributed by atoms with E-state index in [0.717, 1.165) is 0 Å². The topological polar surface area (TPSA) is 17.1 Å². The fourth-order valence-electron chi connectivity index (χ4n) is 0.220. The van der Waals surface area contributed by atoms with Gasteiger partial charge in [0.15, 0.2) is 0 Å². The number of hydrogen-bond acceptors (Lipinski definition) is 1.